The standard InChI is InChI=1S/C20H21ClF3N3O4S/c1-3-8-27(10-17(28)25-15-7-6-14(22)19(23)20(15)24)11-18(29)26-16-9-12(32(2,30)31)4-5-13(16)21/h4-7,9H,3,8,10-11H2,1-2H3,(H,25,28)(H,26,29). The Morgan fingerprint density at radius 2 is 1.56 bits per heavy atom. The van der Waals surface area contributed by atoms with Crippen LogP contribution in [0.25, 0.3) is 0 Å². The predicted octanol–water partition coefficient (Wildman–Crippen LogP) is 3.45. The zero-order chi connectivity index (χ0) is 24.1. The average Bonchev–Trinajstić information content (AvgIpc) is 2.69. The van der Waals surface area contributed by atoms with Crippen LogP contribution < -0.4 is 10.6 Å². The number of sulfone groups is 1. The van der Waals surface area contributed by atoms with Gasteiger partial charge < -0.3 is 10.6 Å². The van der Waals surface area contributed by atoms with Gasteiger partial charge in [0.05, 0.1) is 34.4 Å². The number of benzene rings is 2. The lowest BCUT2D eigenvalue weighted by atomic mass is 10.2. The van der Waals surface area contributed by atoms with Crippen molar-refractivity contribution in [3.05, 3.63) is 52.8 Å². The van der Waals surface area contributed by atoms with Gasteiger partial charge in [-0.25, -0.2) is 21.6 Å². The number of carbonyl (C=O) groups is 2. The third kappa shape index (κ3) is 6.94. The second-order valence-corrected chi connectivity index (χ2v) is 9.37. The first-order chi connectivity index (χ1) is 14.9. The molecule has 2 aromatic carbocycles. The molecule has 2 aromatic rings. The third-order valence-electron chi connectivity index (χ3n) is 4.22. The van der Waals surface area contributed by atoms with Gasteiger partial charge in [0.25, 0.3) is 0 Å². The molecule has 0 aliphatic carbocycles. The maximum absolute atomic E-state index is 13.8. The molecule has 0 atom stereocenters. The van der Waals surface area contributed by atoms with Gasteiger partial charge in [-0.1, -0.05) is 18.5 Å². The van der Waals surface area contributed by atoms with Gasteiger partial charge in [-0.05, 0) is 43.3 Å². The monoisotopic (exact) mass is 491 g/mol. The number of amides is 2. The molecule has 12 heteroatoms. The van der Waals surface area contributed by atoms with Crippen molar-refractivity contribution in [2.75, 3.05) is 36.5 Å². The van der Waals surface area contributed by atoms with E-state index in [0.29, 0.717) is 19.0 Å². The van der Waals surface area contributed by atoms with Crippen LogP contribution in [-0.2, 0) is 19.4 Å². The highest BCUT2D eigenvalue weighted by atomic mass is 35.5. The normalized spacial score (nSPS) is 11.5. The quantitative estimate of drug-likeness (QED) is 0.524. The van der Waals surface area contributed by atoms with Crippen molar-refractivity contribution in [2.45, 2.75) is 18.2 Å². The van der Waals surface area contributed by atoms with E-state index in [0.717, 1.165) is 12.3 Å². The van der Waals surface area contributed by atoms with Crippen molar-refractivity contribution in [3.8, 4) is 0 Å². The zero-order valence-corrected chi connectivity index (χ0v) is 18.8. The number of nitrogens with one attached hydrogen (secondary N) is 2. The molecule has 32 heavy (non-hydrogen) atoms. The fourth-order valence-corrected chi connectivity index (χ4v) is 3.58. The van der Waals surface area contributed by atoms with Crippen LogP contribution in [0.5, 0.6) is 0 Å². The average molecular weight is 492 g/mol. The fraction of sp³-hybridized carbons (Fsp3) is 0.300. The molecule has 0 heterocycles. The molecule has 0 aliphatic heterocycles. The molecule has 174 valence electrons. The van der Waals surface area contributed by atoms with Crippen LogP contribution >= 0.6 is 11.6 Å². The van der Waals surface area contributed by atoms with E-state index in [4.69, 9.17) is 11.6 Å². The molecular formula is C20H21ClF3N3O4S. The molecule has 2 N–H and O–H groups in total. The van der Waals surface area contributed by atoms with Crippen molar-refractivity contribution < 1.29 is 31.2 Å². The minimum Gasteiger partial charge on any atom is -0.324 e. The van der Waals surface area contributed by atoms with Crippen LogP contribution in [0.1, 0.15) is 13.3 Å². The highest BCUT2D eigenvalue weighted by Crippen LogP contribution is 2.25. The van der Waals surface area contributed by atoms with Gasteiger partial charge in [-0.3, -0.25) is 14.5 Å². The predicted molar refractivity (Wildman–Crippen MR) is 115 cm³/mol. The first-order valence-corrected chi connectivity index (χ1v) is 11.6. The second-order valence-electron chi connectivity index (χ2n) is 6.94. The molecule has 7 nitrogen and oxygen atoms in total. The van der Waals surface area contributed by atoms with E-state index < -0.39 is 44.8 Å². The first-order valence-electron chi connectivity index (χ1n) is 9.37. The third-order valence-corrected chi connectivity index (χ3v) is 5.66. The van der Waals surface area contributed by atoms with Gasteiger partial charge in [0, 0.05) is 6.26 Å². The van der Waals surface area contributed by atoms with E-state index in [9.17, 15) is 31.2 Å². The van der Waals surface area contributed by atoms with Gasteiger partial charge in [-0.2, -0.15) is 0 Å². The summed E-state index contributed by atoms with van der Waals surface area (Å²) in [7, 11) is -3.52. The Kier molecular flexibility index (Phi) is 8.65. The van der Waals surface area contributed by atoms with Crippen molar-refractivity contribution in [2.24, 2.45) is 0 Å². The summed E-state index contributed by atoms with van der Waals surface area (Å²) in [6.45, 7) is 1.53. The van der Waals surface area contributed by atoms with E-state index in [1.165, 1.54) is 23.1 Å². The fourth-order valence-electron chi connectivity index (χ4n) is 2.77. The van der Waals surface area contributed by atoms with Crippen LogP contribution in [0.3, 0.4) is 0 Å². The SMILES string of the molecule is CCCN(CC(=O)Nc1cc(S(C)(=O)=O)ccc1Cl)CC(=O)Nc1ccc(F)c(F)c1F. The van der Waals surface area contributed by atoms with Crippen molar-refractivity contribution in [1.82, 2.24) is 4.90 Å². The van der Waals surface area contributed by atoms with E-state index >= 15 is 0 Å². The molecule has 0 saturated heterocycles. The largest absolute Gasteiger partial charge is 0.324 e. The molecular weight excluding hydrogens is 471 g/mol. The summed E-state index contributed by atoms with van der Waals surface area (Å²) in [4.78, 5) is 26.1. The highest BCUT2D eigenvalue weighted by molar-refractivity contribution is 7.90. The summed E-state index contributed by atoms with van der Waals surface area (Å²) in [5.41, 5.74) is -0.441. The Morgan fingerprint density at radius 1 is 0.969 bits per heavy atom. The number of rotatable bonds is 9. The second kappa shape index (κ2) is 10.8. The summed E-state index contributed by atoms with van der Waals surface area (Å²) in [6, 6.07) is 5.43. The Labute approximate surface area is 188 Å². The topological polar surface area (TPSA) is 95.6 Å². The summed E-state index contributed by atoms with van der Waals surface area (Å²) in [5, 5.41) is 4.76. The molecule has 0 saturated carbocycles. The van der Waals surface area contributed by atoms with Crippen molar-refractivity contribution in [1.29, 1.82) is 0 Å². The molecule has 0 fully saturated rings. The lowest BCUT2D eigenvalue weighted by Gasteiger charge is -2.21. The number of hydrogen-bond donors (Lipinski definition) is 2. The summed E-state index contributed by atoms with van der Waals surface area (Å²) < 4.78 is 63.5. The van der Waals surface area contributed by atoms with E-state index in [1.54, 1.807) is 0 Å². The number of anilines is 2. The molecule has 2 rings (SSSR count). The van der Waals surface area contributed by atoms with Gasteiger partial charge in [0.2, 0.25) is 11.8 Å². The lowest BCUT2D eigenvalue weighted by Crippen LogP contribution is -2.39. The Hall–Kier alpha value is -2.63. The molecule has 0 unspecified atom stereocenters. The maximum atomic E-state index is 13.8. The summed E-state index contributed by atoms with van der Waals surface area (Å²) in [6.07, 6.45) is 1.59. The van der Waals surface area contributed by atoms with Crippen LogP contribution in [0.15, 0.2) is 35.2 Å². The molecule has 0 aromatic heterocycles. The number of hydrogen-bond acceptors (Lipinski definition) is 5. The first kappa shape index (κ1) is 25.6. The van der Waals surface area contributed by atoms with E-state index in [-0.39, 0.29) is 28.7 Å². The van der Waals surface area contributed by atoms with Crippen LogP contribution in [0, 0.1) is 17.5 Å². The van der Waals surface area contributed by atoms with Gasteiger partial charge >= 0.3 is 0 Å². The maximum Gasteiger partial charge on any atom is 0.238 e. The number of halogens is 4. The number of nitrogens with zero attached hydrogens (tertiary/aromatic N) is 1. The Morgan fingerprint density at radius 3 is 2.12 bits per heavy atom. The van der Waals surface area contributed by atoms with Gasteiger partial charge in [0.15, 0.2) is 27.3 Å². The van der Waals surface area contributed by atoms with Crippen LogP contribution in [-0.4, -0.2) is 51.0 Å². The zero-order valence-electron chi connectivity index (χ0n) is 17.2. The van der Waals surface area contributed by atoms with Crippen molar-refractivity contribution in [3.63, 3.8) is 0 Å². The molecule has 0 bridgehead atoms. The van der Waals surface area contributed by atoms with E-state index in [2.05, 4.69) is 10.6 Å². The molecule has 0 radical (unpaired) electrons. The lowest BCUT2D eigenvalue weighted by molar-refractivity contribution is -0.120. The minimum atomic E-state index is -3.52. The smallest absolute Gasteiger partial charge is 0.238 e. The summed E-state index contributed by atoms with van der Waals surface area (Å²) in [5.74, 6) is -5.94. The van der Waals surface area contributed by atoms with Crippen LogP contribution in [0.4, 0.5) is 24.5 Å². The number of carbonyl (C=O) groups excluding carboxylic acids is 2. The molecule has 0 aliphatic rings. The Balaban J connectivity index is 2.06. The van der Waals surface area contributed by atoms with Gasteiger partial charge in [0.1, 0.15) is 0 Å². The molecule has 0 spiro atoms. The van der Waals surface area contributed by atoms with Gasteiger partial charge in [-0.15, -0.1) is 0 Å². The van der Waals surface area contributed by atoms with Crippen molar-refractivity contribution >= 4 is 44.6 Å². The Bertz CT molecular complexity index is 1130. The summed E-state index contributed by atoms with van der Waals surface area (Å²) >= 11 is 6.02. The van der Waals surface area contributed by atoms with E-state index in [1.807, 2.05) is 6.92 Å². The molecule has 2 amide bonds. The van der Waals surface area contributed by atoms with Crippen LogP contribution in [0.2, 0.25) is 5.02 Å². The minimum absolute atomic E-state index is 0.0319. The highest BCUT2D eigenvalue weighted by Gasteiger charge is 2.19.